The predicted octanol–water partition coefficient (Wildman–Crippen LogP) is 1.74. The Kier molecular flexibility index (Phi) is 1.56. The minimum atomic E-state index is 0.109. The number of aromatic nitrogens is 2. The molecule has 0 saturated heterocycles. The lowest BCUT2D eigenvalue weighted by atomic mass is 9.91. The van der Waals surface area contributed by atoms with Crippen LogP contribution in [0.1, 0.15) is 50.0 Å². The first-order valence-electron chi connectivity index (χ1n) is 6.59. The molecule has 3 heteroatoms. The van der Waals surface area contributed by atoms with E-state index in [-0.39, 0.29) is 11.0 Å². The first kappa shape index (κ1) is 9.23. The number of hydrogen-bond donors (Lipinski definition) is 1. The summed E-state index contributed by atoms with van der Waals surface area (Å²) >= 11 is 0. The van der Waals surface area contributed by atoms with Gasteiger partial charge in [-0.25, -0.2) is 4.98 Å². The van der Waals surface area contributed by atoms with Gasteiger partial charge in [0.15, 0.2) is 0 Å². The summed E-state index contributed by atoms with van der Waals surface area (Å²) in [5, 5.41) is 0. The summed E-state index contributed by atoms with van der Waals surface area (Å²) in [6.07, 6.45) is 11.0. The zero-order valence-electron chi connectivity index (χ0n) is 9.71. The summed E-state index contributed by atoms with van der Waals surface area (Å²) in [6, 6.07) is 0. The quantitative estimate of drug-likeness (QED) is 0.820. The first-order valence-corrected chi connectivity index (χ1v) is 6.59. The summed E-state index contributed by atoms with van der Waals surface area (Å²) in [7, 11) is 0. The molecule has 0 unspecified atom stereocenters. The van der Waals surface area contributed by atoms with Crippen LogP contribution in [0.3, 0.4) is 0 Å². The van der Waals surface area contributed by atoms with Gasteiger partial charge in [-0.2, -0.15) is 0 Å². The molecule has 2 N–H and O–H groups in total. The van der Waals surface area contributed by atoms with Crippen molar-refractivity contribution in [1.82, 2.24) is 9.55 Å². The SMILES string of the molecule is NC1(C2(c3cn4c(n3)CCCC4)CC2)CC1. The molecule has 86 valence electrons. The molecule has 2 fully saturated rings. The highest BCUT2D eigenvalue weighted by atomic mass is 15.1. The van der Waals surface area contributed by atoms with Gasteiger partial charge in [0.1, 0.15) is 5.82 Å². The van der Waals surface area contributed by atoms with Crippen molar-refractivity contribution in [1.29, 1.82) is 0 Å². The Morgan fingerprint density at radius 3 is 2.62 bits per heavy atom. The van der Waals surface area contributed by atoms with Crippen LogP contribution in [-0.4, -0.2) is 15.1 Å². The first-order chi connectivity index (χ1) is 7.74. The van der Waals surface area contributed by atoms with Crippen molar-refractivity contribution in [2.24, 2.45) is 5.73 Å². The number of aryl methyl sites for hydroxylation is 2. The number of rotatable bonds is 2. The molecule has 2 aliphatic carbocycles. The molecule has 1 aliphatic heterocycles. The largest absolute Gasteiger partial charge is 0.335 e. The number of fused-ring (bicyclic) bond motifs is 1. The fourth-order valence-electron chi connectivity index (χ4n) is 3.39. The molecule has 1 aromatic rings. The average Bonchev–Trinajstić information content (AvgIpc) is 3.18. The third-order valence-electron chi connectivity index (χ3n) is 4.89. The van der Waals surface area contributed by atoms with Crippen molar-refractivity contribution in [3.05, 3.63) is 17.7 Å². The van der Waals surface area contributed by atoms with E-state index < -0.39 is 0 Å². The molecule has 2 saturated carbocycles. The van der Waals surface area contributed by atoms with Gasteiger partial charge in [-0.15, -0.1) is 0 Å². The normalized spacial score (nSPS) is 28.6. The van der Waals surface area contributed by atoms with Crippen LogP contribution in [0.25, 0.3) is 0 Å². The van der Waals surface area contributed by atoms with E-state index in [1.807, 2.05) is 0 Å². The van der Waals surface area contributed by atoms with E-state index >= 15 is 0 Å². The Morgan fingerprint density at radius 1 is 1.19 bits per heavy atom. The molecule has 0 aromatic carbocycles. The minimum Gasteiger partial charge on any atom is -0.335 e. The van der Waals surface area contributed by atoms with Crippen molar-refractivity contribution in [2.45, 2.75) is 62.4 Å². The molecule has 4 rings (SSSR count). The molecule has 2 heterocycles. The summed E-state index contributed by atoms with van der Waals surface area (Å²) < 4.78 is 2.37. The number of hydrogen-bond acceptors (Lipinski definition) is 2. The van der Waals surface area contributed by atoms with Crippen molar-refractivity contribution in [2.75, 3.05) is 0 Å². The van der Waals surface area contributed by atoms with Gasteiger partial charge in [0.2, 0.25) is 0 Å². The highest BCUT2D eigenvalue weighted by molar-refractivity contribution is 5.36. The Hall–Kier alpha value is -0.830. The maximum Gasteiger partial charge on any atom is 0.108 e. The fraction of sp³-hybridized carbons (Fsp3) is 0.769. The lowest BCUT2D eigenvalue weighted by molar-refractivity contribution is 0.492. The lowest BCUT2D eigenvalue weighted by Gasteiger charge is -2.20. The second-order valence-electron chi connectivity index (χ2n) is 5.93. The smallest absolute Gasteiger partial charge is 0.108 e. The summed E-state index contributed by atoms with van der Waals surface area (Å²) in [4.78, 5) is 4.87. The Bertz CT molecular complexity index is 415. The van der Waals surface area contributed by atoms with Crippen LogP contribution in [0, 0.1) is 0 Å². The highest BCUT2D eigenvalue weighted by Gasteiger charge is 2.65. The molecule has 3 nitrogen and oxygen atoms in total. The third-order valence-corrected chi connectivity index (χ3v) is 4.89. The molecular weight excluding hydrogens is 198 g/mol. The highest BCUT2D eigenvalue weighted by Crippen LogP contribution is 2.63. The third kappa shape index (κ3) is 1.05. The lowest BCUT2D eigenvalue weighted by Crippen LogP contribution is -2.37. The van der Waals surface area contributed by atoms with Gasteiger partial charge < -0.3 is 10.3 Å². The van der Waals surface area contributed by atoms with Gasteiger partial charge >= 0.3 is 0 Å². The van der Waals surface area contributed by atoms with E-state index in [9.17, 15) is 0 Å². The number of nitrogens with two attached hydrogens (primary N) is 1. The molecule has 1 aromatic heterocycles. The van der Waals surface area contributed by atoms with E-state index in [0.29, 0.717) is 0 Å². The monoisotopic (exact) mass is 217 g/mol. The van der Waals surface area contributed by atoms with Crippen LogP contribution >= 0.6 is 0 Å². The molecule has 3 aliphatic rings. The fourth-order valence-corrected chi connectivity index (χ4v) is 3.39. The zero-order valence-corrected chi connectivity index (χ0v) is 9.71. The van der Waals surface area contributed by atoms with Crippen LogP contribution in [-0.2, 0) is 18.4 Å². The van der Waals surface area contributed by atoms with Crippen molar-refractivity contribution < 1.29 is 0 Å². The van der Waals surface area contributed by atoms with E-state index in [2.05, 4.69) is 10.8 Å². The van der Waals surface area contributed by atoms with Gasteiger partial charge in [0, 0.05) is 30.1 Å². The molecule has 0 spiro atoms. The van der Waals surface area contributed by atoms with Crippen LogP contribution < -0.4 is 5.73 Å². The minimum absolute atomic E-state index is 0.109. The van der Waals surface area contributed by atoms with Gasteiger partial charge in [0.25, 0.3) is 0 Å². The van der Waals surface area contributed by atoms with E-state index in [1.54, 1.807) is 0 Å². The summed E-state index contributed by atoms with van der Waals surface area (Å²) in [5.74, 6) is 1.30. The van der Waals surface area contributed by atoms with E-state index in [1.165, 1.54) is 50.0 Å². The summed E-state index contributed by atoms with van der Waals surface area (Å²) in [5.41, 5.74) is 8.12. The second kappa shape index (κ2) is 2.70. The molecular formula is C13H19N3. The summed E-state index contributed by atoms with van der Waals surface area (Å²) in [6.45, 7) is 1.16. The maximum absolute atomic E-state index is 6.43. The standard InChI is InChI=1S/C13H19N3/c14-13(6-7-13)12(4-5-12)10-9-16-8-2-1-3-11(16)15-10/h9H,1-8,14H2. The Labute approximate surface area is 96.0 Å². The van der Waals surface area contributed by atoms with Crippen molar-refractivity contribution in [3.63, 3.8) is 0 Å². The van der Waals surface area contributed by atoms with E-state index in [0.717, 1.165) is 13.0 Å². The van der Waals surface area contributed by atoms with Gasteiger partial charge in [-0.05, 0) is 38.5 Å². The van der Waals surface area contributed by atoms with Gasteiger partial charge in [0.05, 0.1) is 5.69 Å². The van der Waals surface area contributed by atoms with Crippen LogP contribution in [0.2, 0.25) is 0 Å². The van der Waals surface area contributed by atoms with Crippen molar-refractivity contribution in [3.8, 4) is 0 Å². The number of imidazole rings is 1. The van der Waals surface area contributed by atoms with Crippen molar-refractivity contribution >= 4 is 0 Å². The van der Waals surface area contributed by atoms with Gasteiger partial charge in [-0.3, -0.25) is 0 Å². The molecule has 0 amide bonds. The van der Waals surface area contributed by atoms with Crippen LogP contribution in [0.15, 0.2) is 6.20 Å². The molecule has 0 radical (unpaired) electrons. The van der Waals surface area contributed by atoms with Crippen LogP contribution in [0.4, 0.5) is 0 Å². The van der Waals surface area contributed by atoms with E-state index in [4.69, 9.17) is 10.7 Å². The average molecular weight is 217 g/mol. The number of nitrogens with zero attached hydrogens (tertiary/aromatic N) is 2. The van der Waals surface area contributed by atoms with Crippen LogP contribution in [0.5, 0.6) is 0 Å². The topological polar surface area (TPSA) is 43.8 Å². The maximum atomic E-state index is 6.43. The Morgan fingerprint density at radius 2 is 2.00 bits per heavy atom. The zero-order chi connectivity index (χ0) is 10.8. The molecule has 0 bridgehead atoms. The molecule has 0 atom stereocenters. The van der Waals surface area contributed by atoms with Gasteiger partial charge in [-0.1, -0.05) is 0 Å². The molecule has 16 heavy (non-hydrogen) atoms. The Balaban J connectivity index is 1.75. The predicted molar refractivity (Wildman–Crippen MR) is 62.2 cm³/mol. The second-order valence-corrected chi connectivity index (χ2v) is 5.93.